The number of ether oxygens (including phenoxy) is 3. The van der Waals surface area contributed by atoms with Crippen LogP contribution in [0.4, 0.5) is 0 Å². The Morgan fingerprint density at radius 1 is 1.07 bits per heavy atom. The van der Waals surface area contributed by atoms with Crippen LogP contribution >= 0.6 is 11.6 Å². The van der Waals surface area contributed by atoms with Crippen molar-refractivity contribution in [1.82, 2.24) is 0 Å². The molecule has 2 aromatic carbocycles. The van der Waals surface area contributed by atoms with Crippen molar-refractivity contribution in [1.29, 1.82) is 0 Å². The molecule has 1 aliphatic rings. The van der Waals surface area contributed by atoms with Gasteiger partial charge in [-0.3, -0.25) is 0 Å². The average Bonchev–Trinajstić information content (AvgIpc) is 2.74. The van der Waals surface area contributed by atoms with Gasteiger partial charge in [0.25, 0.3) is 0 Å². The first-order valence-electron chi connectivity index (χ1n) is 8.81. The molecule has 8 nitrogen and oxygen atoms in total. The van der Waals surface area contributed by atoms with Gasteiger partial charge in [0.05, 0.1) is 24.3 Å². The maximum absolute atomic E-state index is 11.5. The summed E-state index contributed by atoms with van der Waals surface area (Å²) >= 11 is 6.35. The van der Waals surface area contributed by atoms with E-state index in [1.54, 1.807) is 36.4 Å². The third kappa shape index (κ3) is 4.53. The normalized spacial score (nSPS) is 26.8. The summed E-state index contributed by atoms with van der Waals surface area (Å²) in [4.78, 5) is 11.5. The van der Waals surface area contributed by atoms with E-state index >= 15 is 0 Å². The molecule has 1 heterocycles. The molecule has 9 heteroatoms. The van der Waals surface area contributed by atoms with Crippen molar-refractivity contribution in [3.63, 3.8) is 0 Å². The van der Waals surface area contributed by atoms with Gasteiger partial charge < -0.3 is 34.6 Å². The lowest BCUT2D eigenvalue weighted by molar-refractivity contribution is -0.277. The van der Waals surface area contributed by atoms with E-state index < -0.39 is 43.3 Å². The van der Waals surface area contributed by atoms with Crippen LogP contribution in [0.1, 0.15) is 10.4 Å². The van der Waals surface area contributed by atoms with Crippen molar-refractivity contribution in [2.75, 3.05) is 13.7 Å². The molecule has 3 unspecified atom stereocenters. The third-order valence-corrected chi connectivity index (χ3v) is 4.97. The maximum Gasteiger partial charge on any atom is 0.337 e. The van der Waals surface area contributed by atoms with Crippen LogP contribution in [0.15, 0.2) is 42.5 Å². The number of carbonyl (C=O) groups excluding carboxylic acids is 1. The van der Waals surface area contributed by atoms with Gasteiger partial charge in [-0.25, -0.2) is 4.79 Å². The second-order valence-corrected chi connectivity index (χ2v) is 6.93. The number of halogens is 1. The average molecular weight is 425 g/mol. The van der Waals surface area contributed by atoms with E-state index in [9.17, 15) is 25.2 Å². The van der Waals surface area contributed by atoms with E-state index in [4.69, 9.17) is 21.1 Å². The number of esters is 1. The number of benzene rings is 2. The molecular formula is C20H21ClO8. The zero-order chi connectivity index (χ0) is 21.1. The number of hydrogen-bond donors (Lipinski definition) is 4. The lowest BCUT2D eigenvalue weighted by atomic mass is 9.99. The lowest BCUT2D eigenvalue weighted by Gasteiger charge is -2.39. The summed E-state index contributed by atoms with van der Waals surface area (Å²) in [5.74, 6) is -0.180. The first-order valence-corrected chi connectivity index (χ1v) is 9.19. The summed E-state index contributed by atoms with van der Waals surface area (Å²) in [7, 11) is 1.31. The number of hydrogen-bond acceptors (Lipinski definition) is 8. The Labute approximate surface area is 171 Å². The molecule has 1 aliphatic heterocycles. The van der Waals surface area contributed by atoms with E-state index in [1.807, 2.05) is 0 Å². The van der Waals surface area contributed by atoms with Gasteiger partial charge in [-0.05, 0) is 35.9 Å². The van der Waals surface area contributed by atoms with Gasteiger partial charge in [0.1, 0.15) is 30.2 Å². The molecule has 0 radical (unpaired) electrons. The van der Waals surface area contributed by atoms with E-state index in [0.717, 1.165) is 5.56 Å². The van der Waals surface area contributed by atoms with Gasteiger partial charge in [0.15, 0.2) is 0 Å². The van der Waals surface area contributed by atoms with Crippen LogP contribution in [0.3, 0.4) is 0 Å². The molecule has 3 rings (SSSR count). The minimum absolute atomic E-state index is 0.259. The van der Waals surface area contributed by atoms with E-state index in [0.29, 0.717) is 16.1 Å². The molecule has 4 N–H and O–H groups in total. The Bertz CT molecular complexity index is 854. The molecule has 0 bridgehead atoms. The summed E-state index contributed by atoms with van der Waals surface area (Å²) in [5.41, 5.74) is 1.86. The van der Waals surface area contributed by atoms with Gasteiger partial charge in [-0.1, -0.05) is 23.7 Å². The van der Waals surface area contributed by atoms with Crippen molar-refractivity contribution < 1.29 is 39.4 Å². The molecule has 0 spiro atoms. The monoisotopic (exact) mass is 424 g/mol. The number of rotatable bonds is 5. The summed E-state index contributed by atoms with van der Waals surface area (Å²) in [6.07, 6.45) is -6.88. The fraction of sp³-hybridized carbons (Fsp3) is 0.350. The molecule has 5 atom stereocenters. The van der Waals surface area contributed by atoms with Crippen LogP contribution in [-0.4, -0.2) is 70.8 Å². The van der Waals surface area contributed by atoms with Gasteiger partial charge in [0.2, 0.25) is 6.29 Å². The van der Waals surface area contributed by atoms with Crippen LogP contribution in [0.2, 0.25) is 5.02 Å². The summed E-state index contributed by atoms with van der Waals surface area (Å²) < 4.78 is 15.5. The highest BCUT2D eigenvalue weighted by Crippen LogP contribution is 2.33. The van der Waals surface area contributed by atoms with Crippen molar-refractivity contribution in [2.24, 2.45) is 0 Å². The second kappa shape index (κ2) is 9.08. The largest absolute Gasteiger partial charge is 0.465 e. The molecule has 1 fully saturated rings. The third-order valence-electron chi connectivity index (χ3n) is 4.66. The number of aliphatic hydroxyl groups excluding tert-OH is 4. The Hall–Kier alpha value is -2.20. The Kier molecular flexibility index (Phi) is 6.74. The number of aliphatic hydroxyl groups is 4. The van der Waals surface area contributed by atoms with Crippen LogP contribution in [0, 0.1) is 0 Å². The van der Waals surface area contributed by atoms with Gasteiger partial charge in [-0.15, -0.1) is 0 Å². The molecule has 0 aliphatic carbocycles. The SMILES string of the molecule is COC(=O)c1ccc(-c2ccc(O[C@H]3OC(CO)[C@@H](O)C(O)C3O)cc2Cl)cc1. The quantitative estimate of drug-likeness (QED) is 0.523. The van der Waals surface area contributed by atoms with E-state index in [-0.39, 0.29) is 5.75 Å². The summed E-state index contributed by atoms with van der Waals surface area (Å²) in [6.45, 7) is -0.550. The summed E-state index contributed by atoms with van der Waals surface area (Å²) in [6, 6.07) is 11.5. The van der Waals surface area contributed by atoms with Crippen molar-refractivity contribution in [3.05, 3.63) is 53.1 Å². The van der Waals surface area contributed by atoms with Crippen LogP contribution in [-0.2, 0) is 9.47 Å². The standard InChI is InChI=1S/C20H21ClO8/c1-27-19(26)11-4-2-10(3-5-11)13-7-6-12(8-14(13)21)28-20-18(25)17(24)16(23)15(9-22)29-20/h2-8,15-18,20,22-25H,9H2,1H3/t15?,16-,17?,18?,20+/m1/s1. The number of methoxy groups -OCH3 is 1. The van der Waals surface area contributed by atoms with Gasteiger partial charge >= 0.3 is 5.97 Å². The predicted octanol–water partition coefficient (Wildman–Crippen LogP) is 0.972. The minimum atomic E-state index is -1.53. The van der Waals surface area contributed by atoms with Gasteiger partial charge in [-0.2, -0.15) is 0 Å². The predicted molar refractivity (Wildman–Crippen MR) is 103 cm³/mol. The molecule has 0 aromatic heterocycles. The Balaban J connectivity index is 1.76. The van der Waals surface area contributed by atoms with Gasteiger partial charge in [0, 0.05) is 5.56 Å². The Morgan fingerprint density at radius 2 is 1.76 bits per heavy atom. The molecule has 29 heavy (non-hydrogen) atoms. The molecule has 0 saturated carbocycles. The molecule has 0 amide bonds. The van der Waals surface area contributed by atoms with Crippen LogP contribution in [0.25, 0.3) is 11.1 Å². The first kappa shape index (κ1) is 21.5. The summed E-state index contributed by atoms with van der Waals surface area (Å²) in [5, 5.41) is 39.3. The van der Waals surface area contributed by atoms with E-state index in [2.05, 4.69) is 4.74 Å². The van der Waals surface area contributed by atoms with Crippen molar-refractivity contribution in [2.45, 2.75) is 30.7 Å². The lowest BCUT2D eigenvalue weighted by Crippen LogP contribution is -2.60. The minimum Gasteiger partial charge on any atom is -0.465 e. The molecule has 1 saturated heterocycles. The van der Waals surface area contributed by atoms with Crippen LogP contribution < -0.4 is 4.74 Å². The maximum atomic E-state index is 11.5. The zero-order valence-electron chi connectivity index (χ0n) is 15.4. The number of carbonyl (C=O) groups is 1. The van der Waals surface area contributed by atoms with Crippen molar-refractivity contribution >= 4 is 17.6 Å². The van der Waals surface area contributed by atoms with E-state index in [1.165, 1.54) is 13.2 Å². The highest BCUT2D eigenvalue weighted by Gasteiger charge is 2.44. The molecule has 2 aromatic rings. The highest BCUT2D eigenvalue weighted by atomic mass is 35.5. The van der Waals surface area contributed by atoms with Crippen molar-refractivity contribution in [3.8, 4) is 16.9 Å². The fourth-order valence-electron chi connectivity index (χ4n) is 3.01. The smallest absolute Gasteiger partial charge is 0.337 e. The molecular weight excluding hydrogens is 404 g/mol. The highest BCUT2D eigenvalue weighted by molar-refractivity contribution is 6.33. The molecule has 156 valence electrons. The zero-order valence-corrected chi connectivity index (χ0v) is 16.2. The fourth-order valence-corrected chi connectivity index (χ4v) is 3.29. The van der Waals surface area contributed by atoms with Crippen LogP contribution in [0.5, 0.6) is 5.75 Å². The topological polar surface area (TPSA) is 126 Å². The first-order chi connectivity index (χ1) is 13.8. The second-order valence-electron chi connectivity index (χ2n) is 6.53. The Morgan fingerprint density at radius 3 is 2.34 bits per heavy atom.